The normalized spacial score (nSPS) is 27.7. The first-order valence-electron chi connectivity index (χ1n) is 8.17. The number of fused-ring (bicyclic) bond motifs is 3. The van der Waals surface area contributed by atoms with Gasteiger partial charge in [0.15, 0.2) is 5.65 Å². The lowest BCUT2D eigenvalue weighted by molar-refractivity contribution is 0.377. The van der Waals surface area contributed by atoms with Gasteiger partial charge in [0.25, 0.3) is 0 Å². The maximum absolute atomic E-state index is 6.24. The van der Waals surface area contributed by atoms with E-state index in [1.807, 2.05) is 16.8 Å². The quantitative estimate of drug-likeness (QED) is 0.853. The molecule has 2 unspecified atom stereocenters. The van der Waals surface area contributed by atoms with E-state index in [0.717, 1.165) is 29.9 Å². The van der Waals surface area contributed by atoms with E-state index in [0.29, 0.717) is 29.2 Å². The van der Waals surface area contributed by atoms with Crippen molar-refractivity contribution in [2.24, 2.45) is 0 Å². The summed E-state index contributed by atoms with van der Waals surface area (Å²) in [5.41, 5.74) is 2.00. The van der Waals surface area contributed by atoms with Crippen LogP contribution in [0.3, 0.4) is 0 Å². The molecule has 118 valence electrons. The molecule has 2 aromatic heterocycles. The second-order valence-electron chi connectivity index (χ2n) is 6.90. The third-order valence-electron chi connectivity index (χ3n) is 4.91. The monoisotopic (exact) mass is 319 g/mol. The van der Waals surface area contributed by atoms with Crippen LogP contribution in [0.1, 0.15) is 51.0 Å². The van der Waals surface area contributed by atoms with Crippen LogP contribution in [0.25, 0.3) is 5.65 Å². The van der Waals surface area contributed by atoms with E-state index in [9.17, 15) is 0 Å². The van der Waals surface area contributed by atoms with Crippen molar-refractivity contribution >= 4 is 23.1 Å². The maximum Gasteiger partial charge on any atom is 0.162 e. The highest BCUT2D eigenvalue weighted by Crippen LogP contribution is 2.30. The van der Waals surface area contributed by atoms with E-state index in [1.165, 1.54) is 12.8 Å². The number of nitrogens with one attached hydrogen (secondary N) is 2. The van der Waals surface area contributed by atoms with Crippen molar-refractivity contribution in [3.63, 3.8) is 0 Å². The summed E-state index contributed by atoms with van der Waals surface area (Å²) < 4.78 is 1.89. The number of piperidine rings is 1. The molecule has 2 saturated heterocycles. The zero-order chi connectivity index (χ0) is 15.3. The van der Waals surface area contributed by atoms with Gasteiger partial charge in [0.2, 0.25) is 0 Å². The number of hydrogen-bond acceptors (Lipinski definition) is 4. The molecule has 0 radical (unpaired) electrons. The van der Waals surface area contributed by atoms with Crippen LogP contribution < -0.4 is 10.6 Å². The van der Waals surface area contributed by atoms with Crippen LogP contribution in [-0.4, -0.2) is 32.7 Å². The highest BCUT2D eigenvalue weighted by atomic mass is 35.5. The largest absolute Gasteiger partial charge is 0.367 e. The van der Waals surface area contributed by atoms with Gasteiger partial charge >= 0.3 is 0 Å². The van der Waals surface area contributed by atoms with Crippen LogP contribution >= 0.6 is 11.6 Å². The zero-order valence-electron chi connectivity index (χ0n) is 13.0. The summed E-state index contributed by atoms with van der Waals surface area (Å²) in [4.78, 5) is 4.47. The van der Waals surface area contributed by atoms with Gasteiger partial charge in [-0.1, -0.05) is 25.4 Å². The molecule has 4 heterocycles. The van der Waals surface area contributed by atoms with Gasteiger partial charge in [0.05, 0.1) is 6.20 Å². The molecule has 5 nitrogen and oxygen atoms in total. The zero-order valence-corrected chi connectivity index (χ0v) is 13.8. The lowest BCUT2D eigenvalue weighted by atomic mass is 10.00. The molecule has 0 aliphatic carbocycles. The number of halogens is 1. The van der Waals surface area contributed by atoms with Gasteiger partial charge < -0.3 is 10.6 Å². The number of rotatable bonds is 3. The summed E-state index contributed by atoms with van der Waals surface area (Å²) >= 11 is 6.24. The fourth-order valence-corrected chi connectivity index (χ4v) is 4.03. The van der Waals surface area contributed by atoms with Gasteiger partial charge in [-0.2, -0.15) is 9.61 Å². The van der Waals surface area contributed by atoms with Gasteiger partial charge in [-0.3, -0.25) is 0 Å². The standard InChI is InChI=1S/C16H22ClN5/c1-9(2)13-8-18-22-15(7-14(17)21-16(13)22)20-12-5-10-3-4-11(6-12)19-10/h7-12,19-20H,3-6H2,1-2H3. The summed E-state index contributed by atoms with van der Waals surface area (Å²) in [6.45, 7) is 4.30. The minimum absolute atomic E-state index is 0.381. The summed E-state index contributed by atoms with van der Waals surface area (Å²) in [6, 6.07) is 3.68. The van der Waals surface area contributed by atoms with Crippen molar-refractivity contribution in [3.8, 4) is 0 Å². The molecule has 2 N–H and O–H groups in total. The molecule has 2 fully saturated rings. The number of aromatic nitrogens is 3. The summed E-state index contributed by atoms with van der Waals surface area (Å²) in [7, 11) is 0. The minimum atomic E-state index is 0.381. The topological polar surface area (TPSA) is 54.2 Å². The smallest absolute Gasteiger partial charge is 0.162 e. The van der Waals surface area contributed by atoms with E-state index < -0.39 is 0 Å². The molecule has 0 spiro atoms. The second-order valence-corrected chi connectivity index (χ2v) is 7.29. The predicted molar refractivity (Wildman–Crippen MR) is 88.7 cm³/mol. The fraction of sp³-hybridized carbons (Fsp3) is 0.625. The van der Waals surface area contributed by atoms with Gasteiger partial charge in [0, 0.05) is 29.8 Å². The van der Waals surface area contributed by atoms with Crippen LogP contribution in [0, 0.1) is 0 Å². The Morgan fingerprint density at radius 3 is 2.73 bits per heavy atom. The third-order valence-corrected chi connectivity index (χ3v) is 5.11. The molecular weight excluding hydrogens is 298 g/mol. The summed E-state index contributed by atoms with van der Waals surface area (Å²) in [6.07, 6.45) is 6.83. The molecule has 2 aromatic rings. The van der Waals surface area contributed by atoms with Gasteiger partial charge in [-0.25, -0.2) is 4.98 Å². The molecule has 4 rings (SSSR count). The maximum atomic E-state index is 6.24. The minimum Gasteiger partial charge on any atom is -0.367 e. The molecular formula is C16H22ClN5. The second kappa shape index (κ2) is 5.39. The first kappa shape index (κ1) is 14.3. The lowest BCUT2D eigenvalue weighted by Gasteiger charge is -2.30. The number of hydrogen-bond donors (Lipinski definition) is 2. The van der Waals surface area contributed by atoms with E-state index in [4.69, 9.17) is 11.6 Å². The van der Waals surface area contributed by atoms with Crippen LogP contribution in [-0.2, 0) is 0 Å². The molecule has 2 aliphatic heterocycles. The van der Waals surface area contributed by atoms with E-state index in [-0.39, 0.29) is 0 Å². The van der Waals surface area contributed by atoms with Crippen molar-refractivity contribution in [2.45, 2.75) is 63.6 Å². The Kier molecular flexibility index (Phi) is 3.50. The molecule has 0 aromatic carbocycles. The van der Waals surface area contributed by atoms with E-state index in [1.54, 1.807) is 0 Å². The Balaban J connectivity index is 1.66. The van der Waals surface area contributed by atoms with Crippen LogP contribution in [0.15, 0.2) is 12.3 Å². The molecule has 2 atom stereocenters. The average molecular weight is 320 g/mol. The van der Waals surface area contributed by atoms with E-state index >= 15 is 0 Å². The Bertz CT molecular complexity index is 683. The van der Waals surface area contributed by atoms with Gasteiger partial charge in [-0.05, 0) is 31.6 Å². The molecule has 2 aliphatic rings. The van der Waals surface area contributed by atoms with Crippen molar-refractivity contribution in [1.82, 2.24) is 19.9 Å². The van der Waals surface area contributed by atoms with Crippen molar-refractivity contribution in [3.05, 3.63) is 23.0 Å². The molecule has 6 heteroatoms. The predicted octanol–water partition coefficient (Wildman–Crippen LogP) is 3.20. The van der Waals surface area contributed by atoms with Crippen molar-refractivity contribution in [2.75, 3.05) is 5.32 Å². The lowest BCUT2D eigenvalue weighted by Crippen LogP contribution is -2.43. The first-order valence-corrected chi connectivity index (χ1v) is 8.54. The van der Waals surface area contributed by atoms with Gasteiger partial charge in [0.1, 0.15) is 11.0 Å². The Labute approximate surface area is 135 Å². The molecule has 0 saturated carbocycles. The average Bonchev–Trinajstić information content (AvgIpc) is 3.02. The molecule has 0 amide bonds. The van der Waals surface area contributed by atoms with Crippen molar-refractivity contribution < 1.29 is 0 Å². The Morgan fingerprint density at radius 1 is 1.32 bits per heavy atom. The number of nitrogens with zero attached hydrogens (tertiary/aromatic N) is 3. The highest BCUT2D eigenvalue weighted by molar-refractivity contribution is 6.29. The fourth-order valence-electron chi connectivity index (χ4n) is 3.84. The number of anilines is 1. The van der Waals surface area contributed by atoms with Crippen molar-refractivity contribution in [1.29, 1.82) is 0 Å². The van der Waals surface area contributed by atoms with E-state index in [2.05, 4.69) is 34.6 Å². The highest BCUT2D eigenvalue weighted by Gasteiger charge is 2.33. The first-order chi connectivity index (χ1) is 10.6. The van der Waals surface area contributed by atoms with Crippen LogP contribution in [0.5, 0.6) is 0 Å². The summed E-state index contributed by atoms with van der Waals surface area (Å²) in [5, 5.41) is 12.4. The molecule has 2 bridgehead atoms. The SMILES string of the molecule is CC(C)c1cnn2c(NC3CC4CCC(C3)N4)cc(Cl)nc12. The third kappa shape index (κ3) is 2.46. The Morgan fingerprint density at radius 2 is 2.05 bits per heavy atom. The molecule has 22 heavy (non-hydrogen) atoms. The van der Waals surface area contributed by atoms with Gasteiger partial charge in [-0.15, -0.1) is 0 Å². The van der Waals surface area contributed by atoms with Crippen LogP contribution in [0.4, 0.5) is 5.82 Å². The Hall–Kier alpha value is -1.33. The van der Waals surface area contributed by atoms with Crippen LogP contribution in [0.2, 0.25) is 5.15 Å². The summed E-state index contributed by atoms with van der Waals surface area (Å²) in [5.74, 6) is 1.33.